The third-order valence-corrected chi connectivity index (χ3v) is 3.34. The Morgan fingerprint density at radius 2 is 2.25 bits per heavy atom. The maximum Gasteiger partial charge on any atom is 0.137 e. The lowest BCUT2D eigenvalue weighted by Gasteiger charge is -2.16. The summed E-state index contributed by atoms with van der Waals surface area (Å²) in [5.74, 6) is 1.82. The summed E-state index contributed by atoms with van der Waals surface area (Å²) in [6.07, 6.45) is 6.38. The van der Waals surface area contributed by atoms with Crippen molar-refractivity contribution >= 4 is 17.4 Å². The number of aromatic nitrogens is 2. The van der Waals surface area contributed by atoms with Gasteiger partial charge in [-0.1, -0.05) is 31.4 Å². The molecule has 1 aromatic heterocycles. The van der Waals surface area contributed by atoms with Crippen LogP contribution >= 0.6 is 11.6 Å². The highest BCUT2D eigenvalue weighted by molar-refractivity contribution is 6.30. The predicted molar refractivity (Wildman–Crippen MR) is 66.8 cm³/mol. The first-order valence-electron chi connectivity index (χ1n) is 5.96. The largest absolute Gasteiger partial charge is 0.367 e. The van der Waals surface area contributed by atoms with Gasteiger partial charge in [-0.05, 0) is 25.7 Å². The highest BCUT2D eigenvalue weighted by atomic mass is 35.5. The highest BCUT2D eigenvalue weighted by Gasteiger charge is 2.24. The van der Waals surface area contributed by atoms with E-state index in [-0.39, 0.29) is 0 Å². The van der Waals surface area contributed by atoms with E-state index in [9.17, 15) is 0 Å². The van der Waals surface area contributed by atoms with Gasteiger partial charge in [-0.2, -0.15) is 0 Å². The quantitative estimate of drug-likeness (QED) is 0.802. The van der Waals surface area contributed by atoms with Crippen molar-refractivity contribution in [2.24, 2.45) is 5.92 Å². The number of nitrogens with zero attached hydrogens (tertiary/aromatic N) is 2. The van der Waals surface area contributed by atoms with Gasteiger partial charge in [0.2, 0.25) is 0 Å². The molecule has 1 aliphatic carbocycles. The minimum absolute atomic E-state index is 0.462. The topological polar surface area (TPSA) is 37.8 Å². The Morgan fingerprint density at radius 3 is 2.88 bits per heavy atom. The van der Waals surface area contributed by atoms with Crippen LogP contribution in [0.15, 0.2) is 6.33 Å². The maximum atomic E-state index is 6.04. The number of nitrogens with one attached hydrogen (secondary N) is 1. The van der Waals surface area contributed by atoms with Crippen LogP contribution in [-0.4, -0.2) is 16.0 Å². The number of halogens is 1. The maximum absolute atomic E-state index is 6.04. The molecule has 2 rings (SSSR count). The Kier molecular flexibility index (Phi) is 3.64. The normalized spacial score (nSPS) is 17.2. The third kappa shape index (κ3) is 2.85. The van der Waals surface area contributed by atoms with Crippen molar-refractivity contribution in [3.63, 3.8) is 0 Å². The Morgan fingerprint density at radius 1 is 1.50 bits per heavy atom. The lowest BCUT2D eigenvalue weighted by atomic mass is 10.1. The van der Waals surface area contributed by atoms with Crippen molar-refractivity contribution < 1.29 is 0 Å². The molecule has 0 bridgehead atoms. The van der Waals surface area contributed by atoms with E-state index in [1.165, 1.54) is 25.6 Å². The molecule has 1 aliphatic rings. The standard InChI is InChI=1S/C12H18ClN3/c1-3-10-11(13)14-7-15-12(10)16-8(2)6-9-4-5-9/h7-9H,3-6H2,1-2H3,(H,14,15,16). The molecule has 1 atom stereocenters. The summed E-state index contributed by atoms with van der Waals surface area (Å²) in [7, 11) is 0. The zero-order chi connectivity index (χ0) is 11.5. The Bertz CT molecular complexity index is 363. The van der Waals surface area contributed by atoms with Crippen molar-refractivity contribution in [3.05, 3.63) is 17.0 Å². The molecule has 1 saturated carbocycles. The molecule has 88 valence electrons. The van der Waals surface area contributed by atoms with Gasteiger partial charge < -0.3 is 5.32 Å². The SMILES string of the molecule is CCc1c(Cl)ncnc1NC(C)CC1CC1. The van der Waals surface area contributed by atoms with E-state index in [4.69, 9.17) is 11.6 Å². The van der Waals surface area contributed by atoms with Gasteiger partial charge in [-0.25, -0.2) is 9.97 Å². The van der Waals surface area contributed by atoms with Crippen LogP contribution in [0.4, 0.5) is 5.82 Å². The first-order chi connectivity index (χ1) is 7.70. The summed E-state index contributed by atoms with van der Waals surface area (Å²) in [6, 6.07) is 0.462. The summed E-state index contributed by atoms with van der Waals surface area (Å²) in [4.78, 5) is 8.28. The Labute approximate surface area is 102 Å². The lowest BCUT2D eigenvalue weighted by Crippen LogP contribution is -2.18. The monoisotopic (exact) mass is 239 g/mol. The number of hydrogen-bond donors (Lipinski definition) is 1. The van der Waals surface area contributed by atoms with Crippen LogP contribution in [-0.2, 0) is 6.42 Å². The molecule has 0 spiro atoms. The summed E-state index contributed by atoms with van der Waals surface area (Å²) in [5, 5.41) is 4.01. The van der Waals surface area contributed by atoms with Crippen LogP contribution in [0.3, 0.4) is 0 Å². The van der Waals surface area contributed by atoms with Crippen molar-refractivity contribution in [2.45, 2.75) is 45.6 Å². The first-order valence-corrected chi connectivity index (χ1v) is 6.34. The number of anilines is 1. The van der Waals surface area contributed by atoms with Crippen LogP contribution < -0.4 is 5.32 Å². The van der Waals surface area contributed by atoms with Crippen LogP contribution in [0.25, 0.3) is 0 Å². The molecule has 0 saturated heterocycles. The van der Waals surface area contributed by atoms with Crippen molar-refractivity contribution in [2.75, 3.05) is 5.32 Å². The van der Waals surface area contributed by atoms with Gasteiger partial charge in [0.15, 0.2) is 0 Å². The summed E-state index contributed by atoms with van der Waals surface area (Å²) < 4.78 is 0. The van der Waals surface area contributed by atoms with E-state index >= 15 is 0 Å². The zero-order valence-corrected chi connectivity index (χ0v) is 10.6. The van der Waals surface area contributed by atoms with Crippen LogP contribution in [0.1, 0.15) is 38.7 Å². The summed E-state index contributed by atoms with van der Waals surface area (Å²) in [6.45, 7) is 4.27. The molecule has 1 fully saturated rings. The molecule has 1 unspecified atom stereocenters. The molecule has 1 aromatic rings. The molecule has 1 N–H and O–H groups in total. The molecule has 3 nitrogen and oxygen atoms in total. The second-order valence-corrected chi connectivity index (χ2v) is 4.93. The van der Waals surface area contributed by atoms with E-state index in [0.717, 1.165) is 23.7 Å². The molecule has 1 heterocycles. The smallest absolute Gasteiger partial charge is 0.137 e. The van der Waals surface area contributed by atoms with E-state index in [0.29, 0.717) is 11.2 Å². The lowest BCUT2D eigenvalue weighted by molar-refractivity contribution is 0.639. The summed E-state index contributed by atoms with van der Waals surface area (Å²) in [5.41, 5.74) is 1.02. The number of hydrogen-bond acceptors (Lipinski definition) is 3. The average molecular weight is 240 g/mol. The van der Waals surface area contributed by atoms with Gasteiger partial charge in [-0.15, -0.1) is 0 Å². The van der Waals surface area contributed by atoms with Crippen LogP contribution in [0, 0.1) is 5.92 Å². The molecule has 16 heavy (non-hydrogen) atoms. The predicted octanol–water partition coefficient (Wildman–Crippen LogP) is 3.29. The minimum atomic E-state index is 0.462. The second kappa shape index (κ2) is 5.00. The molecule has 0 aromatic carbocycles. The van der Waals surface area contributed by atoms with E-state index < -0.39 is 0 Å². The van der Waals surface area contributed by atoms with Gasteiger partial charge in [0.05, 0.1) is 0 Å². The third-order valence-electron chi connectivity index (χ3n) is 3.01. The Hall–Kier alpha value is -0.830. The fourth-order valence-electron chi connectivity index (χ4n) is 1.97. The molecule has 0 radical (unpaired) electrons. The fraction of sp³-hybridized carbons (Fsp3) is 0.667. The molecular weight excluding hydrogens is 222 g/mol. The Balaban J connectivity index is 2.04. The summed E-state index contributed by atoms with van der Waals surface area (Å²) >= 11 is 6.04. The average Bonchev–Trinajstić information content (AvgIpc) is 3.02. The van der Waals surface area contributed by atoms with Crippen molar-refractivity contribution in [1.29, 1.82) is 0 Å². The second-order valence-electron chi connectivity index (χ2n) is 4.57. The fourth-order valence-corrected chi connectivity index (χ4v) is 2.24. The molecule has 0 amide bonds. The number of rotatable bonds is 5. The van der Waals surface area contributed by atoms with Gasteiger partial charge in [0.1, 0.15) is 17.3 Å². The van der Waals surface area contributed by atoms with Gasteiger partial charge in [0.25, 0.3) is 0 Å². The van der Waals surface area contributed by atoms with Gasteiger partial charge in [-0.3, -0.25) is 0 Å². The van der Waals surface area contributed by atoms with Crippen LogP contribution in [0.2, 0.25) is 5.15 Å². The van der Waals surface area contributed by atoms with E-state index in [1.807, 2.05) is 0 Å². The molecule has 0 aliphatic heterocycles. The molecule has 4 heteroatoms. The van der Waals surface area contributed by atoms with E-state index in [2.05, 4.69) is 29.1 Å². The van der Waals surface area contributed by atoms with Gasteiger partial charge in [0, 0.05) is 11.6 Å². The van der Waals surface area contributed by atoms with Crippen molar-refractivity contribution in [1.82, 2.24) is 9.97 Å². The minimum Gasteiger partial charge on any atom is -0.367 e. The first kappa shape index (κ1) is 11.6. The molecular formula is C12H18ClN3. The van der Waals surface area contributed by atoms with Gasteiger partial charge >= 0.3 is 0 Å². The van der Waals surface area contributed by atoms with Crippen molar-refractivity contribution in [3.8, 4) is 0 Å². The zero-order valence-electron chi connectivity index (χ0n) is 9.83. The highest BCUT2D eigenvalue weighted by Crippen LogP contribution is 2.34. The van der Waals surface area contributed by atoms with E-state index in [1.54, 1.807) is 0 Å². The van der Waals surface area contributed by atoms with Crippen LogP contribution in [0.5, 0.6) is 0 Å².